The SMILES string of the molecule is CC(CCOC#N)C[C@](C)(O)COC#N. The van der Waals surface area contributed by atoms with Crippen molar-refractivity contribution in [3.05, 3.63) is 0 Å². The highest BCUT2D eigenvalue weighted by molar-refractivity contribution is 4.76. The van der Waals surface area contributed by atoms with Crippen molar-refractivity contribution in [1.29, 1.82) is 10.5 Å². The molecular weight excluding hydrogens is 196 g/mol. The van der Waals surface area contributed by atoms with E-state index in [4.69, 9.17) is 10.5 Å². The Kier molecular flexibility index (Phi) is 6.24. The average Bonchev–Trinajstić information content (AvgIpc) is 2.14. The molecule has 15 heavy (non-hydrogen) atoms. The summed E-state index contributed by atoms with van der Waals surface area (Å²) in [6.07, 6.45) is 4.31. The molecule has 0 saturated heterocycles. The van der Waals surface area contributed by atoms with Crippen molar-refractivity contribution < 1.29 is 14.6 Å². The molecular formula is C10H16N2O3. The lowest BCUT2D eigenvalue weighted by Crippen LogP contribution is -2.32. The summed E-state index contributed by atoms with van der Waals surface area (Å²) in [6, 6.07) is 0. The van der Waals surface area contributed by atoms with Crippen molar-refractivity contribution in [2.75, 3.05) is 13.2 Å². The maximum absolute atomic E-state index is 9.79. The zero-order valence-corrected chi connectivity index (χ0v) is 9.06. The fraction of sp³-hybridized carbons (Fsp3) is 0.800. The predicted octanol–water partition coefficient (Wildman–Crippen LogP) is 1.15. The molecule has 0 aromatic heterocycles. The highest BCUT2D eigenvalue weighted by Gasteiger charge is 2.24. The van der Waals surface area contributed by atoms with Gasteiger partial charge in [0.1, 0.15) is 13.2 Å². The second-order valence-electron chi connectivity index (χ2n) is 3.91. The van der Waals surface area contributed by atoms with E-state index in [9.17, 15) is 5.11 Å². The monoisotopic (exact) mass is 212 g/mol. The van der Waals surface area contributed by atoms with Gasteiger partial charge in [-0.3, -0.25) is 0 Å². The first-order valence-electron chi connectivity index (χ1n) is 4.76. The van der Waals surface area contributed by atoms with Crippen LogP contribution < -0.4 is 0 Å². The molecule has 0 amide bonds. The van der Waals surface area contributed by atoms with Gasteiger partial charge in [0.25, 0.3) is 12.5 Å². The van der Waals surface area contributed by atoms with Gasteiger partial charge in [-0.2, -0.15) is 10.5 Å². The van der Waals surface area contributed by atoms with Crippen molar-refractivity contribution >= 4 is 0 Å². The molecule has 0 aromatic carbocycles. The molecule has 84 valence electrons. The number of aliphatic hydroxyl groups is 1. The van der Waals surface area contributed by atoms with Crippen LogP contribution in [0.15, 0.2) is 0 Å². The minimum Gasteiger partial charge on any atom is -0.428 e. The van der Waals surface area contributed by atoms with Crippen LogP contribution in [0.5, 0.6) is 0 Å². The van der Waals surface area contributed by atoms with Crippen molar-refractivity contribution in [2.24, 2.45) is 5.92 Å². The lowest BCUT2D eigenvalue weighted by Gasteiger charge is -2.24. The van der Waals surface area contributed by atoms with Gasteiger partial charge < -0.3 is 14.6 Å². The fourth-order valence-corrected chi connectivity index (χ4v) is 1.41. The molecule has 1 unspecified atom stereocenters. The Morgan fingerprint density at radius 1 is 1.33 bits per heavy atom. The van der Waals surface area contributed by atoms with Crippen LogP contribution in [0.2, 0.25) is 0 Å². The predicted molar refractivity (Wildman–Crippen MR) is 52.2 cm³/mol. The summed E-state index contributed by atoms with van der Waals surface area (Å²) in [5, 5.41) is 26.1. The van der Waals surface area contributed by atoms with Crippen molar-refractivity contribution in [1.82, 2.24) is 0 Å². The molecule has 0 aliphatic carbocycles. The van der Waals surface area contributed by atoms with E-state index in [2.05, 4.69) is 9.47 Å². The van der Waals surface area contributed by atoms with Crippen LogP contribution >= 0.6 is 0 Å². The molecule has 0 heterocycles. The smallest absolute Gasteiger partial charge is 0.286 e. The molecule has 5 nitrogen and oxygen atoms in total. The first-order chi connectivity index (χ1) is 7.02. The molecule has 0 rings (SSSR count). The molecule has 1 N–H and O–H groups in total. The standard InChI is InChI=1S/C10H16N2O3/c1-9(3-4-14-7-11)5-10(2,13)6-15-8-12/h9,13H,3-6H2,1-2H3/t9?,10-/m0/s1. The normalized spacial score (nSPS) is 15.5. The van der Waals surface area contributed by atoms with Gasteiger partial charge in [-0.1, -0.05) is 6.92 Å². The van der Waals surface area contributed by atoms with Gasteiger partial charge in [0.05, 0.1) is 5.60 Å². The summed E-state index contributed by atoms with van der Waals surface area (Å²) in [6.45, 7) is 3.91. The van der Waals surface area contributed by atoms with Crippen LogP contribution in [0, 0.1) is 29.0 Å². The minimum absolute atomic E-state index is 0.00700. The van der Waals surface area contributed by atoms with Crippen LogP contribution in [-0.2, 0) is 9.47 Å². The molecule has 0 aromatic rings. The molecule has 5 heteroatoms. The fourth-order valence-electron chi connectivity index (χ4n) is 1.41. The molecule has 0 fully saturated rings. The Balaban J connectivity index is 3.79. The largest absolute Gasteiger partial charge is 0.428 e. The van der Waals surface area contributed by atoms with Crippen LogP contribution in [0.1, 0.15) is 26.7 Å². The Hall–Kier alpha value is -1.46. The highest BCUT2D eigenvalue weighted by atomic mass is 16.5. The summed E-state index contributed by atoms with van der Waals surface area (Å²) < 4.78 is 9.04. The second-order valence-corrected chi connectivity index (χ2v) is 3.91. The minimum atomic E-state index is -1.01. The molecule has 2 atom stereocenters. The third kappa shape index (κ3) is 7.60. The van der Waals surface area contributed by atoms with E-state index in [1.807, 2.05) is 6.92 Å². The van der Waals surface area contributed by atoms with E-state index in [0.29, 0.717) is 19.4 Å². The zero-order chi connectivity index (χ0) is 11.7. The van der Waals surface area contributed by atoms with E-state index in [0.717, 1.165) is 0 Å². The van der Waals surface area contributed by atoms with Gasteiger partial charge >= 0.3 is 0 Å². The zero-order valence-electron chi connectivity index (χ0n) is 9.06. The first kappa shape index (κ1) is 13.5. The molecule has 0 aliphatic rings. The van der Waals surface area contributed by atoms with Gasteiger partial charge in [-0.15, -0.1) is 0 Å². The summed E-state index contributed by atoms with van der Waals surface area (Å²) in [5.74, 6) is 0.204. The summed E-state index contributed by atoms with van der Waals surface area (Å²) >= 11 is 0. The number of nitrogens with zero attached hydrogens (tertiary/aromatic N) is 2. The van der Waals surface area contributed by atoms with Gasteiger partial charge in [0, 0.05) is 0 Å². The van der Waals surface area contributed by atoms with E-state index in [1.165, 1.54) is 6.26 Å². The van der Waals surface area contributed by atoms with Crippen molar-refractivity contribution in [2.45, 2.75) is 32.3 Å². The highest BCUT2D eigenvalue weighted by Crippen LogP contribution is 2.19. The topological polar surface area (TPSA) is 86.3 Å². The van der Waals surface area contributed by atoms with E-state index in [1.54, 1.807) is 13.2 Å². The van der Waals surface area contributed by atoms with E-state index in [-0.39, 0.29) is 12.5 Å². The number of rotatable bonds is 7. The molecule has 0 saturated carbocycles. The number of hydrogen-bond donors (Lipinski definition) is 1. The number of hydrogen-bond acceptors (Lipinski definition) is 5. The van der Waals surface area contributed by atoms with Gasteiger partial charge in [0.15, 0.2) is 0 Å². The van der Waals surface area contributed by atoms with E-state index < -0.39 is 5.60 Å². The number of nitriles is 2. The lowest BCUT2D eigenvalue weighted by molar-refractivity contribution is -0.0189. The number of ether oxygens (including phenoxy) is 2. The average molecular weight is 212 g/mol. The first-order valence-corrected chi connectivity index (χ1v) is 4.76. The van der Waals surface area contributed by atoms with Crippen molar-refractivity contribution in [3.8, 4) is 12.5 Å². The maximum Gasteiger partial charge on any atom is 0.286 e. The Bertz CT molecular complexity index is 252. The van der Waals surface area contributed by atoms with Gasteiger partial charge in [0.2, 0.25) is 0 Å². The third-order valence-electron chi connectivity index (χ3n) is 2.01. The molecule has 0 radical (unpaired) electrons. The second kappa shape index (κ2) is 6.92. The Morgan fingerprint density at radius 3 is 2.47 bits per heavy atom. The summed E-state index contributed by atoms with van der Waals surface area (Å²) in [7, 11) is 0. The van der Waals surface area contributed by atoms with Crippen LogP contribution in [0.25, 0.3) is 0 Å². The lowest BCUT2D eigenvalue weighted by atomic mass is 9.92. The van der Waals surface area contributed by atoms with E-state index >= 15 is 0 Å². The maximum atomic E-state index is 9.79. The molecule has 0 spiro atoms. The molecule has 0 aliphatic heterocycles. The van der Waals surface area contributed by atoms with Crippen LogP contribution in [0.3, 0.4) is 0 Å². The van der Waals surface area contributed by atoms with Crippen molar-refractivity contribution in [3.63, 3.8) is 0 Å². The van der Waals surface area contributed by atoms with Gasteiger partial charge in [-0.25, -0.2) is 0 Å². The quantitative estimate of drug-likeness (QED) is 0.505. The Labute approximate surface area is 89.8 Å². The molecule has 0 bridgehead atoms. The third-order valence-corrected chi connectivity index (χ3v) is 2.01. The Morgan fingerprint density at radius 2 is 1.93 bits per heavy atom. The van der Waals surface area contributed by atoms with Crippen LogP contribution in [0.4, 0.5) is 0 Å². The van der Waals surface area contributed by atoms with Crippen LogP contribution in [-0.4, -0.2) is 23.9 Å². The van der Waals surface area contributed by atoms with Gasteiger partial charge in [-0.05, 0) is 25.7 Å². The summed E-state index contributed by atoms with van der Waals surface area (Å²) in [5.41, 5.74) is -1.01. The summed E-state index contributed by atoms with van der Waals surface area (Å²) in [4.78, 5) is 0.